The van der Waals surface area contributed by atoms with Gasteiger partial charge < -0.3 is 0 Å². The molecule has 0 bridgehead atoms. The molecule has 0 saturated heterocycles. The van der Waals surface area contributed by atoms with Crippen molar-refractivity contribution in [3.8, 4) is 0 Å². The number of hydrogen-bond acceptors (Lipinski definition) is 1. The Morgan fingerprint density at radius 3 is 2.57 bits per heavy atom. The zero-order valence-corrected chi connectivity index (χ0v) is 10.4. The van der Waals surface area contributed by atoms with Crippen LogP contribution in [0.25, 0.3) is 0 Å². The fourth-order valence-corrected chi connectivity index (χ4v) is 1.82. The summed E-state index contributed by atoms with van der Waals surface area (Å²) in [6.07, 6.45) is 2.01. The van der Waals surface area contributed by atoms with Crippen LogP contribution in [0.1, 0.15) is 24.7 Å². The standard InChI is InChI=1S/C10H16Cl2N2/c1-7(6-11)4-5-9-10(12)8(2)13-14(9)3/h7H,4-6H2,1-3H3. The highest BCUT2D eigenvalue weighted by Gasteiger charge is 2.11. The quantitative estimate of drug-likeness (QED) is 0.733. The van der Waals surface area contributed by atoms with E-state index in [1.165, 1.54) is 0 Å². The number of rotatable bonds is 4. The molecule has 4 heteroatoms. The smallest absolute Gasteiger partial charge is 0.0846 e. The van der Waals surface area contributed by atoms with Gasteiger partial charge in [0.1, 0.15) is 0 Å². The Bertz CT molecular complexity index is 307. The van der Waals surface area contributed by atoms with E-state index in [0.29, 0.717) is 11.8 Å². The zero-order valence-electron chi connectivity index (χ0n) is 8.85. The van der Waals surface area contributed by atoms with E-state index in [9.17, 15) is 0 Å². The molecular formula is C10H16Cl2N2. The molecule has 0 saturated carbocycles. The van der Waals surface area contributed by atoms with Gasteiger partial charge in [-0.3, -0.25) is 4.68 Å². The molecular weight excluding hydrogens is 219 g/mol. The van der Waals surface area contributed by atoms with Crippen molar-refractivity contribution in [3.05, 3.63) is 16.4 Å². The maximum Gasteiger partial charge on any atom is 0.0846 e. The molecule has 0 aliphatic heterocycles. The summed E-state index contributed by atoms with van der Waals surface area (Å²) in [5.41, 5.74) is 2.02. The molecule has 0 fully saturated rings. The number of aryl methyl sites for hydroxylation is 2. The van der Waals surface area contributed by atoms with E-state index in [0.717, 1.165) is 29.3 Å². The van der Waals surface area contributed by atoms with Gasteiger partial charge >= 0.3 is 0 Å². The van der Waals surface area contributed by atoms with Crippen LogP contribution in [0.5, 0.6) is 0 Å². The van der Waals surface area contributed by atoms with Crippen molar-refractivity contribution >= 4 is 23.2 Å². The Balaban J connectivity index is 2.67. The summed E-state index contributed by atoms with van der Waals surface area (Å²) in [5, 5.41) is 5.07. The monoisotopic (exact) mass is 234 g/mol. The highest BCUT2D eigenvalue weighted by atomic mass is 35.5. The zero-order chi connectivity index (χ0) is 10.7. The van der Waals surface area contributed by atoms with Crippen molar-refractivity contribution in [1.82, 2.24) is 9.78 Å². The molecule has 0 spiro atoms. The van der Waals surface area contributed by atoms with Gasteiger partial charge in [0.05, 0.1) is 16.4 Å². The van der Waals surface area contributed by atoms with Crippen LogP contribution in [0.3, 0.4) is 0 Å². The van der Waals surface area contributed by atoms with Crippen molar-refractivity contribution in [1.29, 1.82) is 0 Å². The molecule has 2 nitrogen and oxygen atoms in total. The van der Waals surface area contributed by atoms with E-state index >= 15 is 0 Å². The van der Waals surface area contributed by atoms with Crippen molar-refractivity contribution < 1.29 is 0 Å². The molecule has 0 aliphatic rings. The van der Waals surface area contributed by atoms with Gasteiger partial charge in [-0.25, -0.2) is 0 Å². The average molecular weight is 235 g/mol. The van der Waals surface area contributed by atoms with Crippen molar-refractivity contribution in [2.24, 2.45) is 13.0 Å². The second-order valence-corrected chi connectivity index (χ2v) is 4.45. The minimum Gasteiger partial charge on any atom is -0.271 e. The predicted molar refractivity (Wildman–Crippen MR) is 61.2 cm³/mol. The lowest BCUT2D eigenvalue weighted by Crippen LogP contribution is -2.03. The normalized spacial score (nSPS) is 13.2. The fraction of sp³-hybridized carbons (Fsp3) is 0.700. The lowest BCUT2D eigenvalue weighted by atomic mass is 10.1. The van der Waals surface area contributed by atoms with Gasteiger partial charge in [-0.2, -0.15) is 5.10 Å². The molecule has 80 valence electrons. The highest BCUT2D eigenvalue weighted by Crippen LogP contribution is 2.22. The maximum atomic E-state index is 6.12. The number of nitrogens with zero attached hydrogens (tertiary/aromatic N) is 2. The molecule has 0 aromatic carbocycles. The Morgan fingerprint density at radius 1 is 1.50 bits per heavy atom. The van der Waals surface area contributed by atoms with Gasteiger partial charge in [-0.1, -0.05) is 18.5 Å². The molecule has 1 rings (SSSR count). The van der Waals surface area contributed by atoms with E-state index < -0.39 is 0 Å². The molecule has 0 amide bonds. The molecule has 14 heavy (non-hydrogen) atoms. The summed E-state index contributed by atoms with van der Waals surface area (Å²) in [7, 11) is 1.93. The van der Waals surface area contributed by atoms with Gasteiger partial charge in [0, 0.05) is 12.9 Å². The van der Waals surface area contributed by atoms with Crippen LogP contribution in [0.4, 0.5) is 0 Å². The largest absolute Gasteiger partial charge is 0.271 e. The van der Waals surface area contributed by atoms with Crippen molar-refractivity contribution in [2.45, 2.75) is 26.7 Å². The Hall–Kier alpha value is -0.210. The van der Waals surface area contributed by atoms with Crippen LogP contribution in [-0.4, -0.2) is 15.7 Å². The Morgan fingerprint density at radius 2 is 2.14 bits per heavy atom. The summed E-state index contributed by atoms with van der Waals surface area (Å²) >= 11 is 11.9. The van der Waals surface area contributed by atoms with E-state index in [-0.39, 0.29) is 0 Å². The third-order valence-electron chi connectivity index (χ3n) is 2.40. The number of aromatic nitrogens is 2. The summed E-state index contributed by atoms with van der Waals surface area (Å²) in [5.74, 6) is 1.23. The van der Waals surface area contributed by atoms with E-state index in [2.05, 4.69) is 12.0 Å². The SMILES string of the molecule is Cc1nn(C)c(CCC(C)CCl)c1Cl. The van der Waals surface area contributed by atoms with Crippen LogP contribution in [0, 0.1) is 12.8 Å². The number of halogens is 2. The van der Waals surface area contributed by atoms with Gasteiger partial charge in [0.2, 0.25) is 0 Å². The molecule has 0 N–H and O–H groups in total. The lowest BCUT2D eigenvalue weighted by molar-refractivity contribution is 0.569. The minimum atomic E-state index is 0.530. The third kappa shape index (κ3) is 2.64. The number of alkyl halides is 1. The summed E-state index contributed by atoms with van der Waals surface area (Å²) in [6.45, 7) is 4.07. The van der Waals surface area contributed by atoms with Crippen LogP contribution in [0.2, 0.25) is 5.02 Å². The second kappa shape index (κ2) is 5.04. The Labute approximate surface area is 95.2 Å². The van der Waals surface area contributed by atoms with E-state index in [4.69, 9.17) is 23.2 Å². The maximum absolute atomic E-state index is 6.12. The predicted octanol–water partition coefficient (Wildman–Crippen LogP) is 3.19. The first-order valence-electron chi connectivity index (χ1n) is 4.80. The van der Waals surface area contributed by atoms with Crippen LogP contribution < -0.4 is 0 Å². The fourth-order valence-electron chi connectivity index (χ4n) is 1.41. The molecule has 0 aliphatic carbocycles. The molecule has 1 aromatic rings. The highest BCUT2D eigenvalue weighted by molar-refractivity contribution is 6.31. The van der Waals surface area contributed by atoms with Gasteiger partial charge in [0.15, 0.2) is 0 Å². The lowest BCUT2D eigenvalue weighted by Gasteiger charge is -2.07. The first kappa shape index (κ1) is 11.9. The van der Waals surface area contributed by atoms with Crippen molar-refractivity contribution in [3.63, 3.8) is 0 Å². The third-order valence-corrected chi connectivity index (χ3v) is 3.42. The summed E-state index contributed by atoms with van der Waals surface area (Å²) in [4.78, 5) is 0. The minimum absolute atomic E-state index is 0.530. The average Bonchev–Trinajstić information content (AvgIpc) is 2.39. The molecule has 1 aromatic heterocycles. The summed E-state index contributed by atoms with van der Waals surface area (Å²) < 4.78 is 1.86. The van der Waals surface area contributed by atoms with Crippen molar-refractivity contribution in [2.75, 3.05) is 5.88 Å². The number of hydrogen-bond donors (Lipinski definition) is 0. The second-order valence-electron chi connectivity index (χ2n) is 3.77. The van der Waals surface area contributed by atoms with Gasteiger partial charge in [0.25, 0.3) is 0 Å². The topological polar surface area (TPSA) is 17.8 Å². The molecule has 1 atom stereocenters. The van der Waals surface area contributed by atoms with Crippen LogP contribution >= 0.6 is 23.2 Å². The van der Waals surface area contributed by atoms with Gasteiger partial charge in [-0.15, -0.1) is 11.6 Å². The summed E-state index contributed by atoms with van der Waals surface area (Å²) in [6, 6.07) is 0. The molecule has 0 radical (unpaired) electrons. The first-order chi connectivity index (χ1) is 6.56. The Kier molecular flexibility index (Phi) is 4.27. The molecule has 1 unspecified atom stereocenters. The van der Waals surface area contributed by atoms with E-state index in [1.807, 2.05) is 18.7 Å². The van der Waals surface area contributed by atoms with Gasteiger partial charge in [-0.05, 0) is 25.7 Å². The van der Waals surface area contributed by atoms with E-state index in [1.54, 1.807) is 0 Å². The first-order valence-corrected chi connectivity index (χ1v) is 5.71. The van der Waals surface area contributed by atoms with Crippen LogP contribution in [-0.2, 0) is 13.5 Å². The van der Waals surface area contributed by atoms with Crippen LogP contribution in [0.15, 0.2) is 0 Å². The molecule has 1 heterocycles.